The summed E-state index contributed by atoms with van der Waals surface area (Å²) in [6.45, 7) is 5.56. The van der Waals surface area contributed by atoms with E-state index in [1.165, 1.54) is 0 Å². The molecule has 1 atom stereocenters. The highest BCUT2D eigenvalue weighted by Crippen LogP contribution is 2.27. The van der Waals surface area contributed by atoms with Gasteiger partial charge in [-0.2, -0.15) is 4.98 Å². The van der Waals surface area contributed by atoms with Crippen LogP contribution in [0.2, 0.25) is 0 Å². The van der Waals surface area contributed by atoms with Gasteiger partial charge in [0.1, 0.15) is 5.82 Å². The maximum Gasteiger partial charge on any atom is 0.258 e. The van der Waals surface area contributed by atoms with E-state index in [1.54, 1.807) is 6.20 Å². The van der Waals surface area contributed by atoms with Crippen LogP contribution in [0.4, 0.5) is 11.5 Å². The zero-order valence-corrected chi connectivity index (χ0v) is 16.7. The smallest absolute Gasteiger partial charge is 0.258 e. The molecule has 0 saturated carbocycles. The SMILES string of the molecule is CC(C)c1noc(-c2ccnc(N3CCCC(C(=O)Nc4ccccc4)C3)c2)n1. The fraction of sp³-hybridized carbons (Fsp3) is 0.364. The summed E-state index contributed by atoms with van der Waals surface area (Å²) >= 11 is 0. The topological polar surface area (TPSA) is 84.2 Å². The first kappa shape index (κ1) is 19.1. The molecule has 3 heterocycles. The number of nitrogens with one attached hydrogen (secondary N) is 1. The number of carbonyl (C=O) groups is 1. The number of piperidine rings is 1. The van der Waals surface area contributed by atoms with E-state index in [4.69, 9.17) is 4.52 Å². The first-order valence-electron chi connectivity index (χ1n) is 10.0. The van der Waals surface area contributed by atoms with Crippen molar-refractivity contribution >= 4 is 17.4 Å². The first-order chi connectivity index (χ1) is 14.1. The molecule has 0 bridgehead atoms. The highest BCUT2D eigenvalue weighted by atomic mass is 16.5. The third-order valence-corrected chi connectivity index (χ3v) is 5.11. The fourth-order valence-electron chi connectivity index (χ4n) is 3.48. The van der Waals surface area contributed by atoms with E-state index in [-0.39, 0.29) is 17.7 Å². The second-order valence-corrected chi connectivity index (χ2v) is 7.66. The lowest BCUT2D eigenvalue weighted by atomic mass is 9.97. The number of anilines is 2. The number of amides is 1. The van der Waals surface area contributed by atoms with Crippen LogP contribution in [0.1, 0.15) is 38.4 Å². The number of benzene rings is 1. The van der Waals surface area contributed by atoms with Gasteiger partial charge in [0.15, 0.2) is 5.82 Å². The highest BCUT2D eigenvalue weighted by molar-refractivity contribution is 5.93. The van der Waals surface area contributed by atoms with Gasteiger partial charge in [0.2, 0.25) is 5.91 Å². The monoisotopic (exact) mass is 391 g/mol. The number of rotatable bonds is 5. The van der Waals surface area contributed by atoms with E-state index in [2.05, 4.69) is 25.3 Å². The lowest BCUT2D eigenvalue weighted by molar-refractivity contribution is -0.120. The largest absolute Gasteiger partial charge is 0.356 e. The van der Waals surface area contributed by atoms with Gasteiger partial charge in [0.25, 0.3) is 5.89 Å². The quantitative estimate of drug-likeness (QED) is 0.705. The normalized spacial score (nSPS) is 16.8. The maximum absolute atomic E-state index is 12.7. The highest BCUT2D eigenvalue weighted by Gasteiger charge is 2.27. The summed E-state index contributed by atoms with van der Waals surface area (Å²) < 4.78 is 5.41. The van der Waals surface area contributed by atoms with E-state index >= 15 is 0 Å². The molecule has 2 aromatic heterocycles. The van der Waals surface area contributed by atoms with E-state index in [9.17, 15) is 4.79 Å². The Balaban J connectivity index is 1.47. The summed E-state index contributed by atoms with van der Waals surface area (Å²) in [7, 11) is 0. The summed E-state index contributed by atoms with van der Waals surface area (Å²) in [5, 5.41) is 7.05. The molecule has 1 N–H and O–H groups in total. The first-order valence-corrected chi connectivity index (χ1v) is 10.0. The van der Waals surface area contributed by atoms with Crippen LogP contribution in [0, 0.1) is 5.92 Å². The van der Waals surface area contributed by atoms with Crippen LogP contribution >= 0.6 is 0 Å². The third kappa shape index (κ3) is 4.45. The molecule has 1 amide bonds. The van der Waals surface area contributed by atoms with Crippen LogP contribution in [-0.2, 0) is 4.79 Å². The van der Waals surface area contributed by atoms with Gasteiger partial charge < -0.3 is 14.7 Å². The second-order valence-electron chi connectivity index (χ2n) is 7.66. The third-order valence-electron chi connectivity index (χ3n) is 5.11. The fourth-order valence-corrected chi connectivity index (χ4v) is 3.48. The van der Waals surface area contributed by atoms with Crippen LogP contribution in [-0.4, -0.2) is 34.1 Å². The van der Waals surface area contributed by atoms with Crippen LogP contribution < -0.4 is 10.2 Å². The molecule has 1 aliphatic rings. The molecule has 150 valence electrons. The molecule has 0 spiro atoms. The summed E-state index contributed by atoms with van der Waals surface area (Å²) in [5.41, 5.74) is 1.66. The van der Waals surface area contributed by atoms with Crippen molar-refractivity contribution in [2.24, 2.45) is 5.92 Å². The zero-order chi connectivity index (χ0) is 20.2. The van der Waals surface area contributed by atoms with Gasteiger partial charge in [-0.1, -0.05) is 37.2 Å². The van der Waals surface area contributed by atoms with Crippen molar-refractivity contribution in [1.82, 2.24) is 15.1 Å². The summed E-state index contributed by atoms with van der Waals surface area (Å²) in [5.74, 6) is 2.19. The summed E-state index contributed by atoms with van der Waals surface area (Å²) in [4.78, 5) is 23.8. The lowest BCUT2D eigenvalue weighted by Crippen LogP contribution is -2.41. The summed E-state index contributed by atoms with van der Waals surface area (Å²) in [6, 6.07) is 13.4. The molecule has 1 fully saturated rings. The predicted molar refractivity (Wildman–Crippen MR) is 112 cm³/mol. The average molecular weight is 391 g/mol. The van der Waals surface area contributed by atoms with Crippen molar-refractivity contribution in [3.63, 3.8) is 0 Å². The molecule has 1 saturated heterocycles. The number of hydrogen-bond acceptors (Lipinski definition) is 6. The van der Waals surface area contributed by atoms with Gasteiger partial charge in [0, 0.05) is 36.5 Å². The molecule has 29 heavy (non-hydrogen) atoms. The van der Waals surface area contributed by atoms with Gasteiger partial charge >= 0.3 is 0 Å². The molecule has 3 aromatic rings. The van der Waals surface area contributed by atoms with Gasteiger partial charge in [-0.05, 0) is 37.1 Å². The Bertz CT molecular complexity index is 970. The zero-order valence-electron chi connectivity index (χ0n) is 16.7. The summed E-state index contributed by atoms with van der Waals surface area (Å²) in [6.07, 6.45) is 3.56. The van der Waals surface area contributed by atoms with E-state index in [0.717, 1.165) is 36.5 Å². The van der Waals surface area contributed by atoms with Crippen LogP contribution in [0.25, 0.3) is 11.5 Å². The Morgan fingerprint density at radius 1 is 1.24 bits per heavy atom. The average Bonchev–Trinajstić information content (AvgIpc) is 3.25. The van der Waals surface area contributed by atoms with E-state index in [0.29, 0.717) is 18.3 Å². The van der Waals surface area contributed by atoms with Gasteiger partial charge in [-0.25, -0.2) is 4.98 Å². The Morgan fingerprint density at radius 3 is 2.83 bits per heavy atom. The Hall–Kier alpha value is -3.22. The lowest BCUT2D eigenvalue weighted by Gasteiger charge is -2.33. The molecule has 4 rings (SSSR count). The molecule has 1 unspecified atom stereocenters. The van der Waals surface area contributed by atoms with Crippen molar-refractivity contribution in [1.29, 1.82) is 0 Å². The van der Waals surface area contributed by atoms with Crippen molar-refractivity contribution < 1.29 is 9.32 Å². The molecule has 1 aromatic carbocycles. The van der Waals surface area contributed by atoms with E-state index in [1.807, 2.05) is 56.3 Å². The van der Waals surface area contributed by atoms with E-state index < -0.39 is 0 Å². The molecule has 1 aliphatic heterocycles. The van der Waals surface area contributed by atoms with Crippen LogP contribution in [0.15, 0.2) is 53.2 Å². The molecule has 0 aliphatic carbocycles. The molecular weight excluding hydrogens is 366 g/mol. The molecule has 7 nitrogen and oxygen atoms in total. The number of hydrogen-bond donors (Lipinski definition) is 1. The molecule has 0 radical (unpaired) electrons. The molecule has 7 heteroatoms. The minimum absolute atomic E-state index is 0.0514. The van der Waals surface area contributed by atoms with Gasteiger partial charge in [-0.15, -0.1) is 0 Å². The minimum Gasteiger partial charge on any atom is -0.356 e. The predicted octanol–water partition coefficient (Wildman–Crippen LogP) is 4.11. The maximum atomic E-state index is 12.7. The number of para-hydroxylation sites is 1. The number of carbonyl (C=O) groups excluding carboxylic acids is 1. The number of pyridine rings is 1. The minimum atomic E-state index is -0.0784. The van der Waals surface area contributed by atoms with Crippen molar-refractivity contribution in [2.75, 3.05) is 23.3 Å². The van der Waals surface area contributed by atoms with Crippen molar-refractivity contribution in [2.45, 2.75) is 32.6 Å². The Kier molecular flexibility index (Phi) is 5.55. The van der Waals surface area contributed by atoms with Gasteiger partial charge in [0.05, 0.1) is 5.92 Å². The molecular formula is C22H25N5O2. The number of aromatic nitrogens is 3. The Labute approximate surface area is 170 Å². The second kappa shape index (κ2) is 8.43. The standard InChI is InChI=1S/C22H25N5O2/c1-15(2)20-25-22(29-26-20)16-10-11-23-19(13-16)27-12-6-7-17(14-27)21(28)24-18-8-4-3-5-9-18/h3-5,8-11,13,15,17H,6-7,12,14H2,1-2H3,(H,24,28). The van der Waals surface area contributed by atoms with Crippen LogP contribution in [0.5, 0.6) is 0 Å². The number of nitrogens with zero attached hydrogens (tertiary/aromatic N) is 4. The van der Waals surface area contributed by atoms with Crippen LogP contribution in [0.3, 0.4) is 0 Å². The van der Waals surface area contributed by atoms with Gasteiger partial charge in [-0.3, -0.25) is 4.79 Å². The van der Waals surface area contributed by atoms with Crippen molar-refractivity contribution in [3.05, 3.63) is 54.5 Å². The Morgan fingerprint density at radius 2 is 2.07 bits per heavy atom. The van der Waals surface area contributed by atoms with Crippen molar-refractivity contribution in [3.8, 4) is 11.5 Å².